The van der Waals surface area contributed by atoms with Crippen LogP contribution in [0.4, 0.5) is 14.9 Å². The number of carbonyl (C=O) groups is 2. The lowest BCUT2D eigenvalue weighted by molar-refractivity contribution is -0.132. The zero-order chi connectivity index (χ0) is 22.5. The molecular weight excluding hydrogens is 411 g/mol. The fourth-order valence-electron chi connectivity index (χ4n) is 4.42. The monoisotopic (exact) mass is 440 g/mol. The van der Waals surface area contributed by atoms with Crippen LogP contribution in [0.3, 0.4) is 0 Å². The molecule has 32 heavy (non-hydrogen) atoms. The number of amides is 3. The molecule has 7 nitrogen and oxygen atoms in total. The lowest BCUT2D eigenvalue weighted by Gasteiger charge is -2.27. The molecule has 8 heteroatoms. The number of nitrogens with zero attached hydrogens (tertiary/aromatic N) is 3. The van der Waals surface area contributed by atoms with E-state index < -0.39 is 0 Å². The molecule has 0 saturated carbocycles. The van der Waals surface area contributed by atoms with Gasteiger partial charge in [-0.25, -0.2) is 9.18 Å². The molecule has 0 radical (unpaired) electrons. The lowest BCUT2D eigenvalue weighted by atomic mass is 10.2. The predicted octanol–water partition coefficient (Wildman–Crippen LogP) is 3.18. The van der Waals surface area contributed by atoms with E-state index in [9.17, 15) is 14.0 Å². The average molecular weight is 441 g/mol. The molecule has 0 aromatic heterocycles. The molecule has 0 unspecified atom stereocenters. The second kappa shape index (κ2) is 9.99. The Balaban J connectivity index is 1.32. The number of ether oxygens (including phenoxy) is 1. The van der Waals surface area contributed by atoms with Crippen LogP contribution in [0.15, 0.2) is 48.5 Å². The first kappa shape index (κ1) is 22.1. The van der Waals surface area contributed by atoms with E-state index in [4.69, 9.17) is 4.74 Å². The first-order valence-electron chi connectivity index (χ1n) is 11.0. The van der Waals surface area contributed by atoms with E-state index in [2.05, 4.69) is 10.2 Å². The summed E-state index contributed by atoms with van der Waals surface area (Å²) in [6, 6.07) is 13.3. The Bertz CT molecular complexity index is 953. The largest absolute Gasteiger partial charge is 0.495 e. The molecule has 0 bridgehead atoms. The maximum absolute atomic E-state index is 13.1. The highest BCUT2D eigenvalue weighted by Gasteiger charge is 2.36. The first-order valence-corrected chi connectivity index (χ1v) is 11.0. The van der Waals surface area contributed by atoms with Crippen LogP contribution in [0.5, 0.6) is 5.75 Å². The van der Waals surface area contributed by atoms with Crippen LogP contribution >= 0.6 is 0 Å². The number of anilines is 1. The third kappa shape index (κ3) is 5.02. The second-order valence-corrected chi connectivity index (χ2v) is 8.20. The van der Waals surface area contributed by atoms with Crippen molar-refractivity contribution in [1.29, 1.82) is 0 Å². The van der Waals surface area contributed by atoms with Gasteiger partial charge >= 0.3 is 6.03 Å². The van der Waals surface area contributed by atoms with E-state index in [-0.39, 0.29) is 23.8 Å². The van der Waals surface area contributed by atoms with Crippen LogP contribution in [0.2, 0.25) is 0 Å². The molecule has 2 aromatic rings. The number of hydrogen-bond donors (Lipinski definition) is 1. The lowest BCUT2D eigenvalue weighted by Crippen LogP contribution is -2.44. The minimum absolute atomic E-state index is 0.112. The third-order valence-electron chi connectivity index (χ3n) is 6.16. The molecule has 2 heterocycles. The number of hydrogen-bond acceptors (Lipinski definition) is 4. The summed E-state index contributed by atoms with van der Waals surface area (Å²) in [5.74, 6) is 0.458. The number of rotatable bonds is 5. The van der Waals surface area contributed by atoms with Crippen molar-refractivity contribution >= 4 is 17.6 Å². The van der Waals surface area contributed by atoms with Crippen molar-refractivity contribution < 1.29 is 18.7 Å². The standard InChI is InChI=1S/C24H29FN4O3/c1-32-22-6-3-2-5-20(22)26-24(31)28-13-4-12-27(15-16-28)21-11-14-29(23(21)30)17-18-7-9-19(25)10-8-18/h2-3,5-10,21H,4,11-17H2,1H3,(H,26,31)/t21-/m1/s1. The fraction of sp³-hybridized carbons (Fsp3) is 0.417. The van der Waals surface area contributed by atoms with Crippen LogP contribution in [0.1, 0.15) is 18.4 Å². The van der Waals surface area contributed by atoms with Crippen molar-refractivity contribution in [2.45, 2.75) is 25.4 Å². The Labute approximate surface area is 187 Å². The SMILES string of the molecule is COc1ccccc1NC(=O)N1CCCN([C@@H]2CCN(Cc3ccc(F)cc3)C2=O)CC1. The number of methoxy groups -OCH3 is 1. The van der Waals surface area contributed by atoms with Gasteiger partial charge in [-0.3, -0.25) is 9.69 Å². The summed E-state index contributed by atoms with van der Waals surface area (Å²) in [7, 11) is 1.58. The van der Waals surface area contributed by atoms with Crippen LogP contribution in [-0.4, -0.2) is 72.5 Å². The molecule has 1 N–H and O–H groups in total. The van der Waals surface area contributed by atoms with Gasteiger partial charge in [0.05, 0.1) is 18.8 Å². The molecule has 1 atom stereocenters. The molecule has 0 aliphatic carbocycles. The topological polar surface area (TPSA) is 65.1 Å². The average Bonchev–Trinajstić information content (AvgIpc) is 3.00. The minimum atomic E-state index is -0.275. The fourth-order valence-corrected chi connectivity index (χ4v) is 4.42. The summed E-state index contributed by atoms with van der Waals surface area (Å²) in [6.07, 6.45) is 1.58. The molecule has 2 fully saturated rings. The highest BCUT2D eigenvalue weighted by Crippen LogP contribution is 2.24. The summed E-state index contributed by atoms with van der Waals surface area (Å²) in [5.41, 5.74) is 1.57. The Morgan fingerprint density at radius 1 is 1.06 bits per heavy atom. The quantitative estimate of drug-likeness (QED) is 0.776. The first-order chi connectivity index (χ1) is 15.5. The summed E-state index contributed by atoms with van der Waals surface area (Å²) >= 11 is 0. The summed E-state index contributed by atoms with van der Waals surface area (Å²) in [5, 5.41) is 2.93. The molecule has 2 aromatic carbocycles. The highest BCUT2D eigenvalue weighted by atomic mass is 19.1. The maximum atomic E-state index is 13.1. The van der Waals surface area contributed by atoms with E-state index in [0.717, 1.165) is 24.9 Å². The number of para-hydroxylation sites is 2. The normalized spacial score (nSPS) is 19.7. The minimum Gasteiger partial charge on any atom is -0.495 e. The van der Waals surface area contributed by atoms with Gasteiger partial charge in [0.2, 0.25) is 5.91 Å². The zero-order valence-corrected chi connectivity index (χ0v) is 18.3. The van der Waals surface area contributed by atoms with Crippen LogP contribution in [0, 0.1) is 5.82 Å². The van der Waals surface area contributed by atoms with Crippen molar-refractivity contribution in [2.75, 3.05) is 45.2 Å². The van der Waals surface area contributed by atoms with Gasteiger partial charge in [0, 0.05) is 39.3 Å². The molecule has 2 aliphatic heterocycles. The zero-order valence-electron chi connectivity index (χ0n) is 18.3. The number of likely N-dealkylation sites (tertiary alicyclic amines) is 1. The van der Waals surface area contributed by atoms with Gasteiger partial charge in [0.25, 0.3) is 0 Å². The van der Waals surface area contributed by atoms with Gasteiger partial charge < -0.3 is 19.9 Å². The van der Waals surface area contributed by atoms with Crippen molar-refractivity contribution in [3.63, 3.8) is 0 Å². The maximum Gasteiger partial charge on any atom is 0.321 e. The molecular formula is C24H29FN4O3. The molecule has 2 saturated heterocycles. The molecule has 170 valence electrons. The molecule has 0 spiro atoms. The second-order valence-electron chi connectivity index (χ2n) is 8.20. The van der Waals surface area contributed by atoms with Gasteiger partial charge in [-0.15, -0.1) is 0 Å². The van der Waals surface area contributed by atoms with Crippen LogP contribution < -0.4 is 10.1 Å². The van der Waals surface area contributed by atoms with Gasteiger partial charge in [0.1, 0.15) is 11.6 Å². The number of urea groups is 1. The van der Waals surface area contributed by atoms with E-state index in [0.29, 0.717) is 44.2 Å². The number of carbonyl (C=O) groups excluding carboxylic acids is 2. The van der Waals surface area contributed by atoms with Gasteiger partial charge in [-0.1, -0.05) is 24.3 Å². The number of nitrogens with one attached hydrogen (secondary N) is 1. The van der Waals surface area contributed by atoms with Crippen LogP contribution in [0.25, 0.3) is 0 Å². The molecule has 3 amide bonds. The van der Waals surface area contributed by atoms with Crippen molar-refractivity contribution in [2.24, 2.45) is 0 Å². The van der Waals surface area contributed by atoms with Crippen molar-refractivity contribution in [3.05, 3.63) is 59.9 Å². The smallest absolute Gasteiger partial charge is 0.321 e. The third-order valence-corrected chi connectivity index (χ3v) is 6.16. The Kier molecular flexibility index (Phi) is 6.90. The van der Waals surface area contributed by atoms with Gasteiger partial charge in [0.15, 0.2) is 0 Å². The Morgan fingerprint density at radius 2 is 1.84 bits per heavy atom. The van der Waals surface area contributed by atoms with E-state index in [1.807, 2.05) is 29.2 Å². The van der Waals surface area contributed by atoms with E-state index in [1.54, 1.807) is 24.1 Å². The number of benzene rings is 2. The van der Waals surface area contributed by atoms with Crippen molar-refractivity contribution in [1.82, 2.24) is 14.7 Å². The van der Waals surface area contributed by atoms with E-state index >= 15 is 0 Å². The van der Waals surface area contributed by atoms with Crippen molar-refractivity contribution in [3.8, 4) is 5.75 Å². The van der Waals surface area contributed by atoms with Crippen LogP contribution in [-0.2, 0) is 11.3 Å². The van der Waals surface area contributed by atoms with Gasteiger partial charge in [-0.2, -0.15) is 0 Å². The van der Waals surface area contributed by atoms with E-state index in [1.165, 1.54) is 12.1 Å². The summed E-state index contributed by atoms with van der Waals surface area (Å²) < 4.78 is 18.5. The summed E-state index contributed by atoms with van der Waals surface area (Å²) in [4.78, 5) is 31.7. The highest BCUT2D eigenvalue weighted by molar-refractivity contribution is 5.91. The Morgan fingerprint density at radius 3 is 2.62 bits per heavy atom. The van der Waals surface area contributed by atoms with Gasteiger partial charge in [-0.05, 0) is 42.7 Å². The molecule has 4 rings (SSSR count). The molecule has 2 aliphatic rings. The predicted molar refractivity (Wildman–Crippen MR) is 120 cm³/mol. The number of halogens is 1. The Hall–Kier alpha value is -3.13. The summed E-state index contributed by atoms with van der Waals surface area (Å²) in [6.45, 7) is 3.81.